The third kappa shape index (κ3) is 3.91. The molecule has 1 aromatic carbocycles. The number of nitro benzene ring substituents is 1. The molecule has 1 rings (SSSR count). The molecular formula is C12H16N2O6S. The molecule has 116 valence electrons. The first-order valence-electron chi connectivity index (χ1n) is 5.91. The van der Waals surface area contributed by atoms with Gasteiger partial charge in [-0.1, -0.05) is 6.07 Å². The van der Waals surface area contributed by atoms with Crippen LogP contribution in [0.3, 0.4) is 0 Å². The molecule has 21 heavy (non-hydrogen) atoms. The molecule has 0 fully saturated rings. The van der Waals surface area contributed by atoms with Crippen molar-refractivity contribution in [2.45, 2.75) is 18.7 Å². The monoisotopic (exact) mass is 316 g/mol. The van der Waals surface area contributed by atoms with Crippen LogP contribution in [-0.4, -0.2) is 37.2 Å². The van der Waals surface area contributed by atoms with Gasteiger partial charge in [0.1, 0.15) is 10.6 Å². The molecule has 0 bridgehead atoms. The Hall–Kier alpha value is -2.16. The normalized spacial score (nSPS) is 12.0. The number of nitrogens with zero attached hydrogens (tertiary/aromatic N) is 1. The number of carbonyl (C=O) groups is 1. The van der Waals surface area contributed by atoms with Crippen LogP contribution in [0.2, 0.25) is 0 Å². The van der Waals surface area contributed by atoms with Crippen LogP contribution in [0.15, 0.2) is 23.1 Å². The fraction of sp³-hybridized carbons (Fsp3) is 0.417. The Labute approximate surface area is 121 Å². The summed E-state index contributed by atoms with van der Waals surface area (Å²) in [6.07, 6.45) is 0.875. The zero-order valence-corrected chi connectivity index (χ0v) is 12.6. The third-order valence-electron chi connectivity index (χ3n) is 2.88. The van der Waals surface area contributed by atoms with E-state index in [9.17, 15) is 23.3 Å². The fourth-order valence-corrected chi connectivity index (χ4v) is 2.41. The number of sulfone groups is 1. The van der Waals surface area contributed by atoms with Crippen LogP contribution < -0.4 is 5.32 Å². The lowest BCUT2D eigenvalue weighted by atomic mass is 9.94. The quantitative estimate of drug-likeness (QED) is 0.601. The molecule has 0 unspecified atom stereocenters. The summed E-state index contributed by atoms with van der Waals surface area (Å²) < 4.78 is 23.2. The van der Waals surface area contributed by atoms with Crippen LogP contribution in [-0.2, 0) is 14.6 Å². The summed E-state index contributed by atoms with van der Waals surface area (Å²) in [4.78, 5) is 20.9. The van der Waals surface area contributed by atoms with Crippen molar-refractivity contribution in [2.75, 3.05) is 18.1 Å². The summed E-state index contributed by atoms with van der Waals surface area (Å²) in [5.41, 5.74) is -1.77. The van der Waals surface area contributed by atoms with Crippen molar-refractivity contribution in [2.24, 2.45) is 5.41 Å². The number of rotatable bonds is 6. The van der Waals surface area contributed by atoms with E-state index in [1.165, 1.54) is 26.0 Å². The lowest BCUT2D eigenvalue weighted by molar-refractivity contribution is -0.386. The Morgan fingerprint density at radius 1 is 1.43 bits per heavy atom. The Morgan fingerprint density at radius 2 is 2.00 bits per heavy atom. The van der Waals surface area contributed by atoms with E-state index in [0.29, 0.717) is 0 Å². The molecule has 0 heterocycles. The third-order valence-corrected chi connectivity index (χ3v) is 4.01. The first kappa shape index (κ1) is 16.9. The topological polar surface area (TPSA) is 127 Å². The Balaban J connectivity index is 3.26. The average molecular weight is 316 g/mol. The highest BCUT2D eigenvalue weighted by Gasteiger charge is 2.30. The van der Waals surface area contributed by atoms with Crippen molar-refractivity contribution >= 4 is 27.2 Å². The van der Waals surface area contributed by atoms with Gasteiger partial charge in [-0.05, 0) is 26.0 Å². The zero-order chi connectivity index (χ0) is 16.4. The molecule has 2 N–H and O–H groups in total. The molecule has 0 saturated carbocycles. The molecule has 0 aromatic heterocycles. The van der Waals surface area contributed by atoms with Crippen molar-refractivity contribution in [3.05, 3.63) is 28.3 Å². The molecule has 0 radical (unpaired) electrons. The lowest BCUT2D eigenvalue weighted by Crippen LogP contribution is -2.32. The SMILES string of the molecule is CC(C)(CNc1cccc(S(C)(=O)=O)c1[N+](=O)[O-])C(=O)O. The molecule has 0 saturated heterocycles. The zero-order valence-electron chi connectivity index (χ0n) is 11.8. The van der Waals surface area contributed by atoms with Gasteiger partial charge in [0.15, 0.2) is 9.84 Å². The summed E-state index contributed by atoms with van der Waals surface area (Å²) in [6, 6.07) is 3.84. The van der Waals surface area contributed by atoms with Gasteiger partial charge in [0, 0.05) is 12.8 Å². The maximum atomic E-state index is 11.6. The fourth-order valence-electron chi connectivity index (χ4n) is 1.54. The predicted molar refractivity (Wildman–Crippen MR) is 76.1 cm³/mol. The van der Waals surface area contributed by atoms with Gasteiger partial charge in [0.05, 0.1) is 10.3 Å². The maximum absolute atomic E-state index is 11.6. The highest BCUT2D eigenvalue weighted by molar-refractivity contribution is 7.90. The number of carboxylic acid groups (broad SMARTS) is 1. The Morgan fingerprint density at radius 3 is 2.43 bits per heavy atom. The largest absolute Gasteiger partial charge is 0.481 e. The molecule has 1 aromatic rings. The standard InChI is InChI=1S/C12H16N2O6S/c1-12(2,11(15)16)7-13-8-5-4-6-9(21(3,19)20)10(8)14(17)18/h4-6,13H,7H2,1-3H3,(H,15,16). The number of benzene rings is 1. The van der Waals surface area contributed by atoms with Gasteiger partial charge in [0.25, 0.3) is 0 Å². The molecular weight excluding hydrogens is 300 g/mol. The molecule has 0 aliphatic heterocycles. The maximum Gasteiger partial charge on any atom is 0.310 e. The van der Waals surface area contributed by atoms with Crippen molar-refractivity contribution in [3.8, 4) is 0 Å². The molecule has 9 heteroatoms. The van der Waals surface area contributed by atoms with Gasteiger partial charge in [-0.3, -0.25) is 14.9 Å². The van der Waals surface area contributed by atoms with Gasteiger partial charge >= 0.3 is 11.7 Å². The van der Waals surface area contributed by atoms with Crippen molar-refractivity contribution in [1.82, 2.24) is 0 Å². The van der Waals surface area contributed by atoms with Crippen LogP contribution in [0.1, 0.15) is 13.8 Å². The average Bonchev–Trinajstić information content (AvgIpc) is 2.34. The Kier molecular flexibility index (Phi) is 4.57. The van der Waals surface area contributed by atoms with Crippen molar-refractivity contribution < 1.29 is 23.2 Å². The molecule has 0 aliphatic carbocycles. The van der Waals surface area contributed by atoms with Crippen LogP contribution >= 0.6 is 0 Å². The number of hydrogen-bond acceptors (Lipinski definition) is 6. The van der Waals surface area contributed by atoms with E-state index in [1.54, 1.807) is 0 Å². The summed E-state index contributed by atoms with van der Waals surface area (Å²) in [7, 11) is -3.77. The Bertz CT molecular complexity index is 681. The van der Waals surface area contributed by atoms with Gasteiger partial charge in [-0.15, -0.1) is 0 Å². The number of hydrogen-bond donors (Lipinski definition) is 2. The van der Waals surface area contributed by atoms with E-state index >= 15 is 0 Å². The minimum atomic E-state index is -3.77. The van der Waals surface area contributed by atoms with E-state index in [2.05, 4.69) is 5.32 Å². The highest BCUT2D eigenvalue weighted by atomic mass is 32.2. The van der Waals surface area contributed by atoms with Crippen LogP contribution in [0.4, 0.5) is 11.4 Å². The second-order valence-corrected chi connectivity index (χ2v) is 7.21. The van der Waals surface area contributed by atoms with Crippen LogP contribution in [0.5, 0.6) is 0 Å². The van der Waals surface area contributed by atoms with Crippen LogP contribution in [0, 0.1) is 15.5 Å². The van der Waals surface area contributed by atoms with Crippen molar-refractivity contribution in [3.63, 3.8) is 0 Å². The van der Waals surface area contributed by atoms with Crippen molar-refractivity contribution in [1.29, 1.82) is 0 Å². The predicted octanol–water partition coefficient (Wildman–Crippen LogP) is 1.52. The lowest BCUT2D eigenvalue weighted by Gasteiger charge is -2.20. The van der Waals surface area contributed by atoms with Gasteiger partial charge in [-0.25, -0.2) is 8.42 Å². The number of carboxylic acids is 1. The first-order chi connectivity index (χ1) is 9.47. The summed E-state index contributed by atoms with van der Waals surface area (Å²) in [5.74, 6) is -1.07. The van der Waals surface area contributed by atoms with E-state index in [1.807, 2.05) is 0 Å². The second kappa shape index (κ2) is 5.68. The minimum absolute atomic E-state index is 0.0303. The van der Waals surface area contributed by atoms with Gasteiger partial charge < -0.3 is 10.4 Å². The number of nitrogens with one attached hydrogen (secondary N) is 1. The molecule has 8 nitrogen and oxygen atoms in total. The summed E-state index contributed by atoms with van der Waals surface area (Å²) in [6.45, 7) is 2.82. The minimum Gasteiger partial charge on any atom is -0.481 e. The molecule has 0 spiro atoms. The first-order valence-corrected chi connectivity index (χ1v) is 7.80. The van der Waals surface area contributed by atoms with E-state index < -0.39 is 36.7 Å². The van der Waals surface area contributed by atoms with Gasteiger partial charge in [0.2, 0.25) is 0 Å². The second-order valence-electron chi connectivity index (χ2n) is 5.22. The van der Waals surface area contributed by atoms with E-state index in [-0.39, 0.29) is 12.2 Å². The van der Waals surface area contributed by atoms with Gasteiger partial charge in [-0.2, -0.15) is 0 Å². The molecule has 0 atom stereocenters. The smallest absolute Gasteiger partial charge is 0.310 e. The molecule has 0 amide bonds. The molecule has 0 aliphatic rings. The number of para-hydroxylation sites is 1. The number of nitro groups is 1. The number of anilines is 1. The number of aliphatic carboxylic acids is 1. The van der Waals surface area contributed by atoms with Crippen LogP contribution in [0.25, 0.3) is 0 Å². The summed E-state index contributed by atoms with van der Waals surface area (Å²) in [5, 5.41) is 22.8. The van der Waals surface area contributed by atoms with E-state index in [4.69, 9.17) is 5.11 Å². The summed E-state index contributed by atoms with van der Waals surface area (Å²) >= 11 is 0. The van der Waals surface area contributed by atoms with E-state index in [0.717, 1.165) is 12.3 Å². The highest BCUT2D eigenvalue weighted by Crippen LogP contribution is 2.32.